The maximum atomic E-state index is 11.3. The van der Waals surface area contributed by atoms with Crippen LogP contribution in [0.2, 0.25) is 0 Å². The van der Waals surface area contributed by atoms with Crippen LogP contribution in [0.25, 0.3) is 0 Å². The number of hydrogen-bond acceptors (Lipinski definition) is 2. The third kappa shape index (κ3) is 0.814. The normalized spacial score (nSPS) is 33.5. The fourth-order valence-electron chi connectivity index (χ4n) is 1.34. The van der Waals surface area contributed by atoms with Crippen LogP contribution in [-0.4, -0.2) is 29.6 Å². The SMILES string of the molecule is CC1NCN(C2CC2)C1=O. The molecule has 1 saturated carbocycles. The molecule has 56 valence electrons. The van der Waals surface area contributed by atoms with Crippen LogP contribution >= 0.6 is 0 Å². The summed E-state index contributed by atoms with van der Waals surface area (Å²) in [6.45, 7) is 2.69. The average molecular weight is 140 g/mol. The molecule has 3 nitrogen and oxygen atoms in total. The van der Waals surface area contributed by atoms with Crippen LogP contribution in [0, 0.1) is 0 Å². The van der Waals surface area contributed by atoms with Gasteiger partial charge in [0, 0.05) is 6.04 Å². The molecule has 0 bridgehead atoms. The van der Waals surface area contributed by atoms with Gasteiger partial charge < -0.3 is 4.90 Å². The highest BCUT2D eigenvalue weighted by molar-refractivity contribution is 5.83. The summed E-state index contributed by atoms with van der Waals surface area (Å²) in [4.78, 5) is 13.2. The van der Waals surface area contributed by atoms with Crippen molar-refractivity contribution in [3.05, 3.63) is 0 Å². The fraction of sp³-hybridized carbons (Fsp3) is 0.857. The Morgan fingerprint density at radius 3 is 2.70 bits per heavy atom. The molecule has 1 heterocycles. The summed E-state index contributed by atoms with van der Waals surface area (Å²) in [5.41, 5.74) is 0. The Hall–Kier alpha value is -0.570. The van der Waals surface area contributed by atoms with Crippen LogP contribution in [0.5, 0.6) is 0 Å². The minimum absolute atomic E-state index is 0.0561. The number of amides is 1. The van der Waals surface area contributed by atoms with Gasteiger partial charge in [-0.15, -0.1) is 0 Å². The van der Waals surface area contributed by atoms with Gasteiger partial charge in [0.25, 0.3) is 0 Å². The Bertz CT molecular complexity index is 165. The molecule has 3 heteroatoms. The van der Waals surface area contributed by atoms with Crippen molar-refractivity contribution in [2.24, 2.45) is 0 Å². The van der Waals surface area contributed by atoms with Crippen LogP contribution in [0.15, 0.2) is 0 Å². The standard InChI is InChI=1S/C7H12N2O/c1-5-7(10)9(4-8-5)6-2-3-6/h5-6,8H,2-4H2,1H3. The van der Waals surface area contributed by atoms with Gasteiger partial charge in [0.2, 0.25) is 5.91 Å². The zero-order valence-corrected chi connectivity index (χ0v) is 6.13. The number of nitrogens with zero attached hydrogens (tertiary/aromatic N) is 1. The van der Waals surface area contributed by atoms with Crippen molar-refractivity contribution in [2.75, 3.05) is 6.67 Å². The Labute approximate surface area is 60.4 Å². The third-order valence-electron chi connectivity index (χ3n) is 2.21. The Kier molecular flexibility index (Phi) is 1.20. The first-order valence-electron chi connectivity index (χ1n) is 3.83. The van der Waals surface area contributed by atoms with Gasteiger partial charge in [-0.1, -0.05) is 0 Å². The van der Waals surface area contributed by atoms with Crippen molar-refractivity contribution in [3.8, 4) is 0 Å². The molecule has 0 radical (unpaired) electrons. The van der Waals surface area contributed by atoms with Crippen molar-refractivity contribution in [3.63, 3.8) is 0 Å². The zero-order chi connectivity index (χ0) is 7.14. The van der Waals surface area contributed by atoms with E-state index >= 15 is 0 Å². The van der Waals surface area contributed by atoms with Gasteiger partial charge in [0.05, 0.1) is 12.7 Å². The molecule has 0 spiro atoms. The lowest BCUT2D eigenvalue weighted by Gasteiger charge is -2.12. The second-order valence-corrected chi connectivity index (χ2v) is 3.12. The van der Waals surface area contributed by atoms with E-state index in [1.165, 1.54) is 12.8 Å². The highest BCUT2D eigenvalue weighted by atomic mass is 16.2. The molecule has 0 aromatic carbocycles. The van der Waals surface area contributed by atoms with E-state index in [4.69, 9.17) is 0 Å². The predicted molar refractivity (Wildman–Crippen MR) is 37.3 cm³/mol. The van der Waals surface area contributed by atoms with Gasteiger partial charge in [0.15, 0.2) is 0 Å². The largest absolute Gasteiger partial charge is 0.326 e. The van der Waals surface area contributed by atoms with E-state index in [0.717, 1.165) is 6.67 Å². The van der Waals surface area contributed by atoms with Crippen molar-refractivity contribution in [1.29, 1.82) is 0 Å². The van der Waals surface area contributed by atoms with E-state index in [1.807, 2.05) is 11.8 Å². The fourth-order valence-corrected chi connectivity index (χ4v) is 1.34. The van der Waals surface area contributed by atoms with Gasteiger partial charge in [-0.05, 0) is 19.8 Å². The molecule has 2 aliphatic rings. The lowest BCUT2D eigenvalue weighted by atomic mass is 10.3. The quantitative estimate of drug-likeness (QED) is 0.553. The monoisotopic (exact) mass is 140 g/mol. The highest BCUT2D eigenvalue weighted by Gasteiger charge is 2.38. The van der Waals surface area contributed by atoms with E-state index in [9.17, 15) is 4.79 Å². The van der Waals surface area contributed by atoms with Crippen LogP contribution in [0.1, 0.15) is 19.8 Å². The lowest BCUT2D eigenvalue weighted by Crippen LogP contribution is -2.30. The molecule has 2 rings (SSSR count). The second kappa shape index (κ2) is 1.95. The van der Waals surface area contributed by atoms with Gasteiger partial charge in [-0.25, -0.2) is 0 Å². The van der Waals surface area contributed by atoms with Crippen LogP contribution in [0.3, 0.4) is 0 Å². The number of nitrogens with one attached hydrogen (secondary N) is 1. The smallest absolute Gasteiger partial charge is 0.240 e. The van der Waals surface area contributed by atoms with Gasteiger partial charge in [0.1, 0.15) is 0 Å². The van der Waals surface area contributed by atoms with Crippen LogP contribution in [-0.2, 0) is 4.79 Å². The first-order valence-corrected chi connectivity index (χ1v) is 3.83. The van der Waals surface area contributed by atoms with E-state index in [0.29, 0.717) is 6.04 Å². The molecule has 0 aromatic rings. The Balaban J connectivity index is 2.03. The molecule has 1 amide bonds. The topological polar surface area (TPSA) is 32.3 Å². The van der Waals surface area contributed by atoms with Crippen molar-refractivity contribution in [1.82, 2.24) is 10.2 Å². The molecular formula is C7H12N2O. The summed E-state index contributed by atoms with van der Waals surface area (Å²) >= 11 is 0. The number of hydrogen-bond donors (Lipinski definition) is 1. The van der Waals surface area contributed by atoms with E-state index in [2.05, 4.69) is 5.32 Å². The van der Waals surface area contributed by atoms with Crippen molar-refractivity contribution >= 4 is 5.91 Å². The first kappa shape index (κ1) is 6.16. The number of carbonyl (C=O) groups excluding carboxylic acids is 1. The summed E-state index contributed by atoms with van der Waals surface area (Å²) in [6, 6.07) is 0.630. The Morgan fingerprint density at radius 1 is 1.60 bits per heavy atom. The first-order chi connectivity index (χ1) is 4.79. The van der Waals surface area contributed by atoms with Gasteiger partial charge in [-0.3, -0.25) is 10.1 Å². The number of carbonyl (C=O) groups is 1. The maximum Gasteiger partial charge on any atom is 0.240 e. The average Bonchev–Trinajstić information content (AvgIpc) is 2.67. The lowest BCUT2D eigenvalue weighted by molar-refractivity contribution is -0.129. The van der Waals surface area contributed by atoms with Crippen molar-refractivity contribution < 1.29 is 4.79 Å². The summed E-state index contributed by atoms with van der Waals surface area (Å²) in [6.07, 6.45) is 2.42. The Morgan fingerprint density at radius 2 is 2.30 bits per heavy atom. The summed E-state index contributed by atoms with van der Waals surface area (Å²) in [5, 5.41) is 3.12. The predicted octanol–water partition coefficient (Wildman–Crippen LogP) is -0.0734. The molecule has 1 aliphatic heterocycles. The third-order valence-corrected chi connectivity index (χ3v) is 2.21. The van der Waals surface area contributed by atoms with E-state index < -0.39 is 0 Å². The second-order valence-electron chi connectivity index (χ2n) is 3.12. The van der Waals surface area contributed by atoms with Gasteiger partial charge >= 0.3 is 0 Å². The molecule has 1 N–H and O–H groups in total. The molecule has 10 heavy (non-hydrogen) atoms. The maximum absolute atomic E-state index is 11.3. The highest BCUT2D eigenvalue weighted by Crippen LogP contribution is 2.28. The van der Waals surface area contributed by atoms with Gasteiger partial charge in [-0.2, -0.15) is 0 Å². The summed E-state index contributed by atoms with van der Waals surface area (Å²) in [5.74, 6) is 0.280. The van der Waals surface area contributed by atoms with E-state index in [-0.39, 0.29) is 11.9 Å². The molecule has 1 aliphatic carbocycles. The van der Waals surface area contributed by atoms with Crippen LogP contribution in [0.4, 0.5) is 0 Å². The molecule has 1 unspecified atom stereocenters. The van der Waals surface area contributed by atoms with E-state index in [1.54, 1.807) is 0 Å². The molecule has 1 saturated heterocycles. The molecular weight excluding hydrogens is 128 g/mol. The molecule has 0 aromatic heterocycles. The number of rotatable bonds is 1. The minimum Gasteiger partial charge on any atom is -0.326 e. The van der Waals surface area contributed by atoms with Crippen molar-refractivity contribution in [2.45, 2.75) is 31.8 Å². The summed E-state index contributed by atoms with van der Waals surface area (Å²) < 4.78 is 0. The molecule has 1 atom stereocenters. The minimum atomic E-state index is 0.0561. The summed E-state index contributed by atoms with van der Waals surface area (Å²) in [7, 11) is 0. The molecule has 2 fully saturated rings. The zero-order valence-electron chi connectivity index (χ0n) is 6.13. The van der Waals surface area contributed by atoms with Crippen LogP contribution < -0.4 is 5.32 Å².